The average Bonchev–Trinajstić information content (AvgIpc) is 2.85. The Morgan fingerprint density at radius 1 is 0.444 bits per heavy atom. The number of rotatable bonds is 9. The molecule has 0 aromatic rings. The van der Waals surface area contributed by atoms with Crippen LogP contribution in [-0.2, 0) is 14.4 Å². The van der Waals surface area contributed by atoms with Crippen molar-refractivity contribution in [1.29, 1.82) is 0 Å². The third kappa shape index (κ3) is 11.6. The Hall–Kier alpha value is -1.71. The molecule has 9 N–H and O–H groups in total. The summed E-state index contributed by atoms with van der Waals surface area (Å²) >= 11 is 0. The summed E-state index contributed by atoms with van der Waals surface area (Å²) in [5, 5.41) is 26.1. The van der Waals surface area contributed by atoms with Gasteiger partial charge in [-0.05, 0) is 74.4 Å². The molecule has 9 heteroatoms. The summed E-state index contributed by atoms with van der Waals surface area (Å²) in [6.45, 7) is 1.58. The highest BCUT2D eigenvalue weighted by molar-refractivity contribution is 5.68. The highest BCUT2D eigenvalue weighted by atomic mass is 16.4. The van der Waals surface area contributed by atoms with E-state index in [1.54, 1.807) is 0 Å². The molecular formula is C27H51N3O6. The van der Waals surface area contributed by atoms with E-state index in [0.717, 1.165) is 77.0 Å². The molecule has 0 atom stereocenters. The van der Waals surface area contributed by atoms with Gasteiger partial charge in [0.15, 0.2) is 0 Å². The van der Waals surface area contributed by atoms with Gasteiger partial charge in [0, 0.05) is 0 Å². The third-order valence-corrected chi connectivity index (χ3v) is 8.62. The standard InChI is InChI=1S/3C9H17NO2/c3*10-7-9(6-8(11)12)4-2-1-3-5-9/h3*1-7,10H2,(H,11,12). The molecule has 0 bridgehead atoms. The average molecular weight is 514 g/mol. The topological polar surface area (TPSA) is 190 Å². The van der Waals surface area contributed by atoms with Crippen molar-refractivity contribution in [2.75, 3.05) is 19.6 Å². The van der Waals surface area contributed by atoms with E-state index in [-0.39, 0.29) is 35.5 Å². The van der Waals surface area contributed by atoms with E-state index in [1.165, 1.54) is 19.3 Å². The Morgan fingerprint density at radius 3 is 0.778 bits per heavy atom. The van der Waals surface area contributed by atoms with Crippen molar-refractivity contribution in [2.45, 2.75) is 116 Å². The number of aliphatic carboxylic acids is 3. The van der Waals surface area contributed by atoms with Crippen LogP contribution in [0.2, 0.25) is 0 Å². The minimum absolute atomic E-state index is 0.0793. The summed E-state index contributed by atoms with van der Waals surface area (Å²) in [7, 11) is 0. The fourth-order valence-electron chi connectivity index (χ4n) is 6.23. The van der Waals surface area contributed by atoms with E-state index in [4.69, 9.17) is 32.5 Å². The van der Waals surface area contributed by atoms with Crippen molar-refractivity contribution < 1.29 is 29.7 Å². The van der Waals surface area contributed by atoms with Gasteiger partial charge in [0.05, 0.1) is 19.3 Å². The Kier molecular flexibility index (Phi) is 14.5. The van der Waals surface area contributed by atoms with Gasteiger partial charge in [-0.25, -0.2) is 0 Å². The van der Waals surface area contributed by atoms with Crippen LogP contribution in [0.3, 0.4) is 0 Å². The Labute approximate surface area is 216 Å². The summed E-state index contributed by atoms with van der Waals surface area (Å²) in [5.41, 5.74) is 16.6. The zero-order valence-electron chi connectivity index (χ0n) is 22.1. The molecule has 0 saturated heterocycles. The minimum Gasteiger partial charge on any atom is -0.481 e. The molecular weight excluding hydrogens is 462 g/mol. The number of carboxylic acid groups (broad SMARTS) is 3. The van der Waals surface area contributed by atoms with E-state index in [1.807, 2.05) is 0 Å². The van der Waals surface area contributed by atoms with Gasteiger partial charge in [0.25, 0.3) is 0 Å². The number of hydrogen-bond acceptors (Lipinski definition) is 6. The molecule has 0 aromatic heterocycles. The Morgan fingerprint density at radius 2 is 0.639 bits per heavy atom. The summed E-state index contributed by atoms with van der Waals surface area (Å²) in [6.07, 6.45) is 17.3. The van der Waals surface area contributed by atoms with Gasteiger partial charge < -0.3 is 32.5 Å². The lowest BCUT2D eigenvalue weighted by Gasteiger charge is -2.34. The van der Waals surface area contributed by atoms with Crippen LogP contribution in [0.5, 0.6) is 0 Å². The molecule has 0 radical (unpaired) electrons. The van der Waals surface area contributed by atoms with Crippen molar-refractivity contribution in [2.24, 2.45) is 33.4 Å². The molecule has 3 aliphatic carbocycles. The normalized spacial score (nSPS) is 22.1. The molecule has 0 aromatic carbocycles. The number of carbonyl (C=O) groups is 3. The summed E-state index contributed by atoms with van der Waals surface area (Å²) in [4.78, 5) is 31.7. The number of nitrogens with two attached hydrogens (primary N) is 3. The maximum Gasteiger partial charge on any atom is 0.303 e. The van der Waals surface area contributed by atoms with E-state index < -0.39 is 17.9 Å². The van der Waals surface area contributed by atoms with Gasteiger partial charge in [-0.2, -0.15) is 0 Å². The molecule has 3 fully saturated rings. The second-order valence-electron chi connectivity index (χ2n) is 11.5. The highest BCUT2D eigenvalue weighted by Gasteiger charge is 2.34. The maximum absolute atomic E-state index is 10.6. The second-order valence-corrected chi connectivity index (χ2v) is 11.5. The largest absolute Gasteiger partial charge is 0.481 e. The number of hydrogen-bond donors (Lipinski definition) is 6. The lowest BCUT2D eigenvalue weighted by molar-refractivity contribution is -0.141. The minimum atomic E-state index is -0.706. The van der Waals surface area contributed by atoms with Crippen LogP contribution in [0.4, 0.5) is 0 Å². The van der Waals surface area contributed by atoms with Crippen LogP contribution in [0.15, 0.2) is 0 Å². The van der Waals surface area contributed by atoms with E-state index >= 15 is 0 Å². The molecule has 0 amide bonds. The molecule has 3 rings (SSSR count). The first kappa shape index (κ1) is 32.3. The molecule has 210 valence electrons. The molecule has 0 heterocycles. The SMILES string of the molecule is NCC1(CC(=O)O)CCCCC1.NCC1(CC(=O)O)CCCCC1.NCC1(CC(=O)O)CCCCC1. The van der Waals surface area contributed by atoms with Crippen molar-refractivity contribution in [1.82, 2.24) is 0 Å². The van der Waals surface area contributed by atoms with Crippen molar-refractivity contribution in [3.05, 3.63) is 0 Å². The fourth-order valence-corrected chi connectivity index (χ4v) is 6.23. The van der Waals surface area contributed by atoms with Crippen LogP contribution in [-0.4, -0.2) is 52.9 Å². The van der Waals surface area contributed by atoms with Crippen LogP contribution >= 0.6 is 0 Å². The van der Waals surface area contributed by atoms with E-state index in [9.17, 15) is 14.4 Å². The highest BCUT2D eigenvalue weighted by Crippen LogP contribution is 2.39. The fraction of sp³-hybridized carbons (Fsp3) is 0.889. The predicted octanol–water partition coefficient (Wildman–Crippen LogP) is 4.11. The van der Waals surface area contributed by atoms with Gasteiger partial charge in [0.2, 0.25) is 0 Å². The van der Waals surface area contributed by atoms with Gasteiger partial charge >= 0.3 is 17.9 Å². The summed E-state index contributed by atoms with van der Waals surface area (Å²) in [6, 6.07) is 0. The molecule has 0 aliphatic heterocycles. The van der Waals surface area contributed by atoms with Gasteiger partial charge in [-0.3, -0.25) is 14.4 Å². The van der Waals surface area contributed by atoms with Gasteiger partial charge in [-0.15, -0.1) is 0 Å². The molecule has 9 nitrogen and oxygen atoms in total. The quantitative estimate of drug-likeness (QED) is 0.263. The first-order valence-corrected chi connectivity index (χ1v) is 13.8. The molecule has 3 aliphatic rings. The van der Waals surface area contributed by atoms with E-state index in [0.29, 0.717) is 19.6 Å². The van der Waals surface area contributed by atoms with Crippen molar-refractivity contribution in [3.63, 3.8) is 0 Å². The zero-order chi connectivity index (χ0) is 27.1. The lowest BCUT2D eigenvalue weighted by atomic mass is 9.72. The molecule has 3 saturated carbocycles. The Balaban J connectivity index is 0.000000270. The van der Waals surface area contributed by atoms with E-state index in [2.05, 4.69) is 0 Å². The van der Waals surface area contributed by atoms with Crippen molar-refractivity contribution >= 4 is 17.9 Å². The van der Waals surface area contributed by atoms with Gasteiger partial charge in [0.1, 0.15) is 0 Å². The van der Waals surface area contributed by atoms with Crippen molar-refractivity contribution in [3.8, 4) is 0 Å². The van der Waals surface area contributed by atoms with Crippen LogP contribution in [0.25, 0.3) is 0 Å². The maximum atomic E-state index is 10.6. The molecule has 0 spiro atoms. The second kappa shape index (κ2) is 16.2. The summed E-state index contributed by atoms with van der Waals surface area (Å²) < 4.78 is 0. The zero-order valence-corrected chi connectivity index (χ0v) is 22.1. The van der Waals surface area contributed by atoms with Crippen LogP contribution < -0.4 is 17.2 Å². The predicted molar refractivity (Wildman–Crippen MR) is 140 cm³/mol. The van der Waals surface area contributed by atoms with Gasteiger partial charge in [-0.1, -0.05) is 57.8 Å². The number of carboxylic acids is 3. The molecule has 36 heavy (non-hydrogen) atoms. The lowest BCUT2D eigenvalue weighted by Crippen LogP contribution is -2.34. The van der Waals surface area contributed by atoms with Crippen LogP contribution in [0, 0.1) is 16.2 Å². The first-order chi connectivity index (χ1) is 17.1. The molecule has 0 unspecified atom stereocenters. The first-order valence-electron chi connectivity index (χ1n) is 13.8. The summed E-state index contributed by atoms with van der Waals surface area (Å²) in [5.74, 6) is -2.12. The third-order valence-electron chi connectivity index (χ3n) is 8.62. The Bertz CT molecular complexity index is 576. The smallest absolute Gasteiger partial charge is 0.303 e. The monoisotopic (exact) mass is 513 g/mol. The van der Waals surface area contributed by atoms with Crippen LogP contribution in [0.1, 0.15) is 116 Å².